The molecule has 1 aromatic rings. The van der Waals surface area contributed by atoms with Crippen molar-refractivity contribution < 1.29 is 14.3 Å². The highest BCUT2D eigenvalue weighted by molar-refractivity contribution is 5.89. The fourth-order valence-corrected chi connectivity index (χ4v) is 2.51. The van der Waals surface area contributed by atoms with Crippen LogP contribution in [0.4, 0.5) is 5.69 Å². The molecule has 1 heterocycles. The number of nitrogens with zero attached hydrogens (tertiary/aromatic N) is 1. The Morgan fingerprint density at radius 3 is 2.91 bits per heavy atom. The average molecular weight is 304 g/mol. The molecule has 0 radical (unpaired) electrons. The van der Waals surface area contributed by atoms with Crippen LogP contribution in [0.2, 0.25) is 0 Å². The van der Waals surface area contributed by atoms with Gasteiger partial charge in [0, 0.05) is 6.54 Å². The van der Waals surface area contributed by atoms with Gasteiger partial charge >= 0.3 is 5.97 Å². The van der Waals surface area contributed by atoms with Crippen LogP contribution in [-0.2, 0) is 9.59 Å². The Hall–Kier alpha value is -2.04. The van der Waals surface area contributed by atoms with Crippen molar-refractivity contribution in [3.63, 3.8) is 0 Å². The molecule has 0 fully saturated rings. The van der Waals surface area contributed by atoms with Crippen LogP contribution in [0, 0.1) is 6.92 Å². The highest BCUT2D eigenvalue weighted by Gasteiger charge is 2.25. The van der Waals surface area contributed by atoms with Crippen molar-refractivity contribution in [1.29, 1.82) is 0 Å². The van der Waals surface area contributed by atoms with E-state index in [1.54, 1.807) is 4.90 Å². The van der Waals surface area contributed by atoms with Crippen LogP contribution in [0.3, 0.4) is 0 Å². The van der Waals surface area contributed by atoms with Gasteiger partial charge in [0.25, 0.3) is 0 Å². The summed E-state index contributed by atoms with van der Waals surface area (Å²) in [6.07, 6.45) is 4.51. The summed E-state index contributed by atoms with van der Waals surface area (Å²) in [7, 11) is 0. The molecule has 0 unspecified atom stereocenters. The first-order valence-corrected chi connectivity index (χ1v) is 7.93. The average Bonchev–Trinajstić information content (AvgIpc) is 2.46. The maximum Gasteiger partial charge on any atom is 0.331 e. The Bertz CT molecular complexity index is 543. The van der Waals surface area contributed by atoms with Crippen LogP contribution >= 0.6 is 0 Å². The Morgan fingerprint density at radius 1 is 1.32 bits per heavy atom. The molecule has 22 heavy (non-hydrogen) atoms. The molecule has 120 valence electrons. The topological polar surface area (TPSA) is 58.6 Å². The molecule has 0 aliphatic carbocycles. The van der Waals surface area contributed by atoms with Crippen molar-refractivity contribution >= 4 is 17.6 Å². The van der Waals surface area contributed by atoms with E-state index < -0.39 is 0 Å². The first kappa shape index (κ1) is 16.3. The minimum absolute atomic E-state index is 0.0577. The van der Waals surface area contributed by atoms with E-state index in [0.717, 1.165) is 24.1 Å². The molecular weight excluding hydrogens is 280 g/mol. The van der Waals surface area contributed by atoms with Crippen molar-refractivity contribution in [1.82, 2.24) is 5.32 Å². The molecule has 1 amide bonds. The summed E-state index contributed by atoms with van der Waals surface area (Å²) in [4.78, 5) is 25.5. The molecule has 0 saturated carbocycles. The van der Waals surface area contributed by atoms with E-state index in [0.29, 0.717) is 12.3 Å². The summed E-state index contributed by atoms with van der Waals surface area (Å²) < 4.78 is 5.24. The predicted molar refractivity (Wildman–Crippen MR) is 86.2 cm³/mol. The van der Waals surface area contributed by atoms with Crippen LogP contribution in [-0.4, -0.2) is 31.5 Å². The third-order valence-corrected chi connectivity index (χ3v) is 3.69. The number of hydrogen-bond acceptors (Lipinski definition) is 4. The lowest BCUT2D eigenvalue weighted by Crippen LogP contribution is -2.43. The number of unbranched alkanes of at least 4 members (excludes halogenated alkanes) is 3. The van der Waals surface area contributed by atoms with Gasteiger partial charge in [0.05, 0.1) is 12.2 Å². The summed E-state index contributed by atoms with van der Waals surface area (Å²) in [5.41, 5.74) is 1.82. The predicted octanol–water partition coefficient (Wildman–Crippen LogP) is 2.42. The van der Waals surface area contributed by atoms with E-state index in [-0.39, 0.29) is 25.0 Å². The van der Waals surface area contributed by atoms with Gasteiger partial charge in [0.15, 0.2) is 5.75 Å². The van der Waals surface area contributed by atoms with Crippen LogP contribution in [0.15, 0.2) is 18.2 Å². The van der Waals surface area contributed by atoms with E-state index in [1.165, 1.54) is 12.8 Å². The summed E-state index contributed by atoms with van der Waals surface area (Å²) in [6, 6.07) is 5.67. The lowest BCUT2D eigenvalue weighted by molar-refractivity contribution is -0.133. The van der Waals surface area contributed by atoms with Crippen molar-refractivity contribution in [2.75, 3.05) is 24.5 Å². The van der Waals surface area contributed by atoms with Gasteiger partial charge in [-0.25, -0.2) is 4.79 Å². The van der Waals surface area contributed by atoms with Crippen molar-refractivity contribution in [2.45, 2.75) is 39.5 Å². The SMILES string of the molecule is CCCCCCNC(=O)CN1CC(=O)Oc2cc(C)ccc21. The molecule has 0 saturated heterocycles. The quantitative estimate of drug-likeness (QED) is 0.477. The normalized spacial score (nSPS) is 13.5. The molecule has 5 nitrogen and oxygen atoms in total. The number of amides is 1. The van der Waals surface area contributed by atoms with Crippen LogP contribution in [0.5, 0.6) is 5.75 Å². The van der Waals surface area contributed by atoms with Gasteiger partial charge in [-0.2, -0.15) is 0 Å². The Kier molecular flexibility index (Phi) is 5.81. The van der Waals surface area contributed by atoms with E-state index >= 15 is 0 Å². The lowest BCUT2D eigenvalue weighted by atomic mass is 10.1. The molecule has 1 aliphatic rings. The van der Waals surface area contributed by atoms with Crippen LogP contribution in [0.1, 0.15) is 38.2 Å². The van der Waals surface area contributed by atoms with Crippen LogP contribution < -0.4 is 15.0 Å². The molecule has 2 rings (SSSR count). The largest absolute Gasteiger partial charge is 0.423 e. The Morgan fingerprint density at radius 2 is 2.14 bits per heavy atom. The first-order chi connectivity index (χ1) is 10.6. The smallest absolute Gasteiger partial charge is 0.331 e. The number of carbonyl (C=O) groups excluding carboxylic acids is 2. The number of benzene rings is 1. The molecular formula is C17H24N2O3. The second-order valence-electron chi connectivity index (χ2n) is 5.71. The highest BCUT2D eigenvalue weighted by Crippen LogP contribution is 2.32. The van der Waals surface area contributed by atoms with Crippen molar-refractivity contribution in [3.8, 4) is 5.75 Å². The maximum absolute atomic E-state index is 12.0. The number of carbonyl (C=O) groups is 2. The summed E-state index contributed by atoms with van der Waals surface area (Å²) >= 11 is 0. The molecule has 0 atom stereocenters. The van der Waals surface area contributed by atoms with Crippen LogP contribution in [0.25, 0.3) is 0 Å². The fraction of sp³-hybridized carbons (Fsp3) is 0.529. The van der Waals surface area contributed by atoms with Gasteiger partial charge in [-0.1, -0.05) is 32.3 Å². The zero-order valence-electron chi connectivity index (χ0n) is 13.4. The number of hydrogen-bond donors (Lipinski definition) is 1. The number of fused-ring (bicyclic) bond motifs is 1. The minimum Gasteiger partial charge on any atom is -0.423 e. The molecule has 0 spiro atoms. The zero-order valence-corrected chi connectivity index (χ0v) is 13.4. The van der Waals surface area contributed by atoms with Crippen molar-refractivity contribution in [3.05, 3.63) is 23.8 Å². The van der Waals surface area contributed by atoms with Gasteiger partial charge < -0.3 is 15.0 Å². The van der Waals surface area contributed by atoms with Crippen molar-refractivity contribution in [2.24, 2.45) is 0 Å². The maximum atomic E-state index is 12.0. The summed E-state index contributed by atoms with van der Waals surface area (Å²) in [6.45, 7) is 5.08. The molecule has 1 N–H and O–H groups in total. The monoisotopic (exact) mass is 304 g/mol. The highest BCUT2D eigenvalue weighted by atomic mass is 16.5. The fourth-order valence-electron chi connectivity index (χ4n) is 2.51. The molecule has 1 aromatic carbocycles. The van der Waals surface area contributed by atoms with Gasteiger partial charge in [-0.15, -0.1) is 0 Å². The molecule has 1 aliphatic heterocycles. The minimum atomic E-state index is -0.325. The summed E-state index contributed by atoms with van der Waals surface area (Å²) in [5.74, 6) is 0.151. The number of rotatable bonds is 7. The third kappa shape index (κ3) is 4.48. The Labute approximate surface area is 131 Å². The van der Waals surface area contributed by atoms with Gasteiger partial charge in [0.2, 0.25) is 5.91 Å². The van der Waals surface area contributed by atoms with E-state index in [2.05, 4.69) is 12.2 Å². The molecule has 5 heteroatoms. The van der Waals surface area contributed by atoms with E-state index in [9.17, 15) is 9.59 Å². The van der Waals surface area contributed by atoms with Gasteiger partial charge in [0.1, 0.15) is 6.54 Å². The number of esters is 1. The first-order valence-electron chi connectivity index (χ1n) is 7.93. The van der Waals surface area contributed by atoms with E-state index in [1.807, 2.05) is 25.1 Å². The second-order valence-corrected chi connectivity index (χ2v) is 5.71. The Balaban J connectivity index is 1.90. The van der Waals surface area contributed by atoms with Gasteiger partial charge in [-0.3, -0.25) is 4.79 Å². The molecule has 0 aromatic heterocycles. The second kappa shape index (κ2) is 7.82. The number of anilines is 1. The third-order valence-electron chi connectivity index (χ3n) is 3.69. The molecule has 0 bridgehead atoms. The standard InChI is InChI=1S/C17H24N2O3/c1-3-4-5-6-9-18-16(20)11-19-12-17(21)22-15-10-13(2)7-8-14(15)19/h7-8,10H,3-6,9,11-12H2,1-2H3,(H,18,20). The van der Waals surface area contributed by atoms with E-state index in [4.69, 9.17) is 4.74 Å². The lowest BCUT2D eigenvalue weighted by Gasteiger charge is -2.29. The number of nitrogens with one attached hydrogen (secondary N) is 1. The number of aryl methyl sites for hydroxylation is 1. The summed E-state index contributed by atoms with van der Waals surface area (Å²) in [5, 5.41) is 2.91. The zero-order chi connectivity index (χ0) is 15.9. The van der Waals surface area contributed by atoms with Gasteiger partial charge in [-0.05, 0) is 31.0 Å². The number of ether oxygens (including phenoxy) is 1.